The molecule has 21 heavy (non-hydrogen) atoms. The fourth-order valence-electron chi connectivity index (χ4n) is 2.92. The lowest BCUT2D eigenvalue weighted by Crippen LogP contribution is -2.53. The van der Waals surface area contributed by atoms with Crippen LogP contribution in [-0.2, 0) is 16.0 Å². The molecule has 1 aliphatic carbocycles. The topological polar surface area (TPSA) is 83.7 Å². The van der Waals surface area contributed by atoms with Gasteiger partial charge in [-0.25, -0.2) is 9.78 Å². The highest BCUT2D eigenvalue weighted by molar-refractivity contribution is 7.15. The molecule has 1 amide bonds. The van der Waals surface area contributed by atoms with Gasteiger partial charge in [-0.2, -0.15) is 0 Å². The summed E-state index contributed by atoms with van der Waals surface area (Å²) in [5.74, 6) is -1.17. The van der Waals surface area contributed by atoms with E-state index in [4.69, 9.17) is 0 Å². The normalized spacial score (nSPS) is 17.2. The predicted molar refractivity (Wildman–Crippen MR) is 78.5 cm³/mol. The second-order valence-electron chi connectivity index (χ2n) is 5.58. The van der Waals surface area contributed by atoms with Crippen molar-refractivity contribution in [1.82, 2.24) is 14.7 Å². The number of aromatic nitrogens is 2. The van der Waals surface area contributed by atoms with Gasteiger partial charge in [0.25, 0.3) is 0 Å². The number of hydrogen-bond acceptors (Lipinski definition) is 4. The molecule has 112 valence electrons. The number of aliphatic carboxylic acids is 1. The first-order valence-corrected chi connectivity index (χ1v) is 7.85. The Hall–Kier alpha value is -1.89. The van der Waals surface area contributed by atoms with Crippen LogP contribution in [-0.4, -0.2) is 31.9 Å². The molecular weight excluding hydrogens is 290 g/mol. The molecule has 0 spiro atoms. The van der Waals surface area contributed by atoms with Gasteiger partial charge < -0.3 is 10.4 Å². The van der Waals surface area contributed by atoms with Crippen molar-refractivity contribution in [2.75, 3.05) is 0 Å². The molecular formula is C14H17N3O3S. The van der Waals surface area contributed by atoms with Gasteiger partial charge in [-0.1, -0.05) is 12.8 Å². The molecule has 2 N–H and O–H groups in total. The number of carbonyl (C=O) groups is 2. The van der Waals surface area contributed by atoms with Crippen molar-refractivity contribution in [2.45, 2.75) is 44.6 Å². The number of hydrogen-bond donors (Lipinski definition) is 2. The molecule has 1 aliphatic rings. The zero-order chi connectivity index (χ0) is 15.0. The number of carbonyl (C=O) groups excluding carboxylic acids is 1. The van der Waals surface area contributed by atoms with Crippen molar-refractivity contribution in [3.63, 3.8) is 0 Å². The van der Waals surface area contributed by atoms with Gasteiger partial charge in [0.05, 0.1) is 12.1 Å². The Morgan fingerprint density at radius 3 is 2.86 bits per heavy atom. The van der Waals surface area contributed by atoms with Gasteiger partial charge in [-0.05, 0) is 19.8 Å². The summed E-state index contributed by atoms with van der Waals surface area (Å²) in [7, 11) is 0. The molecule has 0 saturated heterocycles. The van der Waals surface area contributed by atoms with Crippen molar-refractivity contribution in [2.24, 2.45) is 0 Å². The first-order chi connectivity index (χ1) is 10.00. The second-order valence-corrected chi connectivity index (χ2v) is 6.42. The minimum atomic E-state index is -1.07. The number of nitrogens with zero attached hydrogens (tertiary/aromatic N) is 2. The molecule has 3 rings (SSSR count). The van der Waals surface area contributed by atoms with Crippen LogP contribution in [0.5, 0.6) is 0 Å². The summed E-state index contributed by atoms with van der Waals surface area (Å²) in [6, 6.07) is 0. The number of aryl methyl sites for hydroxylation is 1. The van der Waals surface area contributed by atoms with Crippen LogP contribution in [0.3, 0.4) is 0 Å². The summed E-state index contributed by atoms with van der Waals surface area (Å²) in [6.45, 7) is 1.90. The van der Waals surface area contributed by atoms with E-state index in [0.29, 0.717) is 12.8 Å². The SMILES string of the molecule is Cc1cn2c(CC(=O)NC3(C(=O)O)CCCC3)csc2n1. The summed E-state index contributed by atoms with van der Waals surface area (Å²) in [5, 5.41) is 14.0. The predicted octanol–water partition coefficient (Wildman–Crippen LogP) is 1.76. The van der Waals surface area contributed by atoms with Gasteiger partial charge >= 0.3 is 5.97 Å². The van der Waals surface area contributed by atoms with E-state index in [2.05, 4.69) is 10.3 Å². The number of carboxylic acid groups (broad SMARTS) is 1. The lowest BCUT2D eigenvalue weighted by atomic mass is 9.97. The molecule has 0 unspecified atom stereocenters. The lowest BCUT2D eigenvalue weighted by molar-refractivity contribution is -0.147. The fourth-order valence-corrected chi connectivity index (χ4v) is 3.83. The number of nitrogens with one attached hydrogen (secondary N) is 1. The number of amides is 1. The van der Waals surface area contributed by atoms with Crippen molar-refractivity contribution < 1.29 is 14.7 Å². The van der Waals surface area contributed by atoms with Gasteiger partial charge in [0.1, 0.15) is 5.54 Å². The maximum Gasteiger partial charge on any atom is 0.329 e. The third-order valence-electron chi connectivity index (χ3n) is 3.99. The quantitative estimate of drug-likeness (QED) is 0.901. The fraction of sp³-hybridized carbons (Fsp3) is 0.500. The Labute approximate surface area is 125 Å². The molecule has 7 heteroatoms. The Kier molecular flexibility index (Phi) is 3.44. The molecule has 0 atom stereocenters. The van der Waals surface area contributed by atoms with Gasteiger partial charge in [-0.3, -0.25) is 9.20 Å². The van der Waals surface area contributed by atoms with Crippen LogP contribution in [0, 0.1) is 6.92 Å². The maximum atomic E-state index is 12.2. The van der Waals surface area contributed by atoms with Crippen molar-refractivity contribution >= 4 is 28.2 Å². The van der Waals surface area contributed by atoms with Crippen LogP contribution in [0.4, 0.5) is 0 Å². The highest BCUT2D eigenvalue weighted by Crippen LogP contribution is 2.30. The van der Waals surface area contributed by atoms with E-state index < -0.39 is 11.5 Å². The Balaban J connectivity index is 1.75. The monoisotopic (exact) mass is 307 g/mol. The largest absolute Gasteiger partial charge is 0.480 e. The van der Waals surface area contributed by atoms with E-state index in [1.165, 1.54) is 11.3 Å². The molecule has 1 fully saturated rings. The first kappa shape index (κ1) is 14.1. The van der Waals surface area contributed by atoms with E-state index in [1.54, 1.807) is 0 Å². The van der Waals surface area contributed by atoms with Gasteiger partial charge in [0, 0.05) is 17.3 Å². The maximum absolute atomic E-state index is 12.2. The summed E-state index contributed by atoms with van der Waals surface area (Å²) in [6.07, 6.45) is 4.77. The third kappa shape index (κ3) is 2.53. The molecule has 0 bridgehead atoms. The number of imidazole rings is 1. The van der Waals surface area contributed by atoms with E-state index in [-0.39, 0.29) is 12.3 Å². The van der Waals surface area contributed by atoms with Crippen LogP contribution < -0.4 is 5.32 Å². The first-order valence-electron chi connectivity index (χ1n) is 6.97. The molecule has 2 aromatic rings. The minimum absolute atomic E-state index is 0.171. The van der Waals surface area contributed by atoms with Crippen molar-refractivity contribution in [3.8, 4) is 0 Å². The molecule has 0 aromatic carbocycles. The van der Waals surface area contributed by atoms with E-state index >= 15 is 0 Å². The van der Waals surface area contributed by atoms with Crippen LogP contribution >= 0.6 is 11.3 Å². The second kappa shape index (κ2) is 5.14. The molecule has 0 radical (unpaired) electrons. The lowest BCUT2D eigenvalue weighted by Gasteiger charge is -2.25. The molecule has 2 heterocycles. The molecule has 6 nitrogen and oxygen atoms in total. The highest BCUT2D eigenvalue weighted by Gasteiger charge is 2.42. The average Bonchev–Trinajstić information content (AvgIpc) is 3.08. The number of carboxylic acids is 1. The average molecular weight is 307 g/mol. The summed E-state index contributed by atoms with van der Waals surface area (Å²) in [4.78, 5) is 28.9. The molecule has 0 aliphatic heterocycles. The highest BCUT2D eigenvalue weighted by atomic mass is 32.1. The number of rotatable bonds is 4. The summed E-state index contributed by atoms with van der Waals surface area (Å²) in [5.41, 5.74) is 0.671. The van der Waals surface area contributed by atoms with Gasteiger partial charge in [0.2, 0.25) is 5.91 Å². The van der Waals surface area contributed by atoms with E-state index in [9.17, 15) is 14.7 Å². The Morgan fingerprint density at radius 1 is 1.48 bits per heavy atom. The minimum Gasteiger partial charge on any atom is -0.480 e. The van der Waals surface area contributed by atoms with Gasteiger partial charge in [-0.15, -0.1) is 11.3 Å². The molecule has 2 aromatic heterocycles. The Bertz CT molecular complexity index is 697. The molecule has 1 saturated carbocycles. The standard InChI is InChI=1S/C14H17N3O3S/c1-9-7-17-10(8-21-13(17)15-9)6-11(18)16-14(12(19)20)4-2-3-5-14/h7-8H,2-6H2,1H3,(H,16,18)(H,19,20). The van der Waals surface area contributed by atoms with Crippen LogP contribution in [0.1, 0.15) is 37.1 Å². The van der Waals surface area contributed by atoms with E-state index in [1.807, 2.05) is 22.9 Å². The number of fused-ring (bicyclic) bond motifs is 1. The smallest absolute Gasteiger partial charge is 0.329 e. The van der Waals surface area contributed by atoms with E-state index in [0.717, 1.165) is 29.2 Å². The van der Waals surface area contributed by atoms with Gasteiger partial charge in [0.15, 0.2) is 4.96 Å². The van der Waals surface area contributed by atoms with Crippen molar-refractivity contribution in [3.05, 3.63) is 23.0 Å². The summed E-state index contributed by atoms with van der Waals surface area (Å²) >= 11 is 1.48. The third-order valence-corrected chi connectivity index (χ3v) is 4.88. The Morgan fingerprint density at radius 2 is 2.19 bits per heavy atom. The zero-order valence-electron chi connectivity index (χ0n) is 11.8. The number of thiazole rings is 1. The zero-order valence-corrected chi connectivity index (χ0v) is 12.6. The summed E-state index contributed by atoms with van der Waals surface area (Å²) < 4.78 is 1.89. The van der Waals surface area contributed by atoms with Crippen LogP contribution in [0.2, 0.25) is 0 Å². The van der Waals surface area contributed by atoms with Crippen LogP contribution in [0.15, 0.2) is 11.6 Å². The van der Waals surface area contributed by atoms with Crippen LogP contribution in [0.25, 0.3) is 4.96 Å². The van der Waals surface area contributed by atoms with Crippen molar-refractivity contribution in [1.29, 1.82) is 0 Å².